The van der Waals surface area contributed by atoms with E-state index in [-0.39, 0.29) is 25.7 Å². The molecule has 0 aliphatic carbocycles. The van der Waals surface area contributed by atoms with Crippen molar-refractivity contribution in [1.29, 1.82) is 0 Å². The van der Waals surface area contributed by atoms with Crippen molar-refractivity contribution < 1.29 is 80.2 Å². The molecule has 5 atom stereocenters. The number of carbonyl (C=O) groups excluding carboxylic acids is 4. The molecule has 0 saturated heterocycles. The maximum absolute atomic E-state index is 13.1. The molecule has 102 heavy (non-hydrogen) atoms. The first-order chi connectivity index (χ1) is 49.7. The van der Waals surface area contributed by atoms with Crippen LogP contribution in [0, 0.1) is 0 Å². The van der Waals surface area contributed by atoms with Crippen molar-refractivity contribution in [2.45, 2.75) is 393 Å². The Kier molecular flexibility index (Phi) is 73.1. The summed E-state index contributed by atoms with van der Waals surface area (Å²) in [6.07, 6.45) is 77.3. The summed E-state index contributed by atoms with van der Waals surface area (Å²) in [5, 5.41) is 10.6. The largest absolute Gasteiger partial charge is 0.472 e. The van der Waals surface area contributed by atoms with E-state index in [1.165, 1.54) is 128 Å². The van der Waals surface area contributed by atoms with E-state index in [4.69, 9.17) is 37.0 Å². The molecule has 0 aromatic carbocycles. The molecule has 3 N–H and O–H groups in total. The first kappa shape index (κ1) is 98.5. The van der Waals surface area contributed by atoms with Gasteiger partial charge in [0.25, 0.3) is 0 Å². The van der Waals surface area contributed by atoms with Crippen LogP contribution < -0.4 is 0 Å². The Labute approximate surface area is 622 Å². The highest BCUT2D eigenvalue weighted by Crippen LogP contribution is 2.45. The average molecular weight is 1480 g/mol. The Morgan fingerprint density at radius 1 is 0.275 bits per heavy atom. The Balaban J connectivity index is 5.28. The van der Waals surface area contributed by atoms with Gasteiger partial charge in [-0.15, -0.1) is 0 Å². The van der Waals surface area contributed by atoms with Crippen molar-refractivity contribution >= 4 is 39.5 Å². The van der Waals surface area contributed by atoms with Crippen LogP contribution in [0.3, 0.4) is 0 Å². The van der Waals surface area contributed by atoms with Gasteiger partial charge in [-0.05, 0) is 103 Å². The van der Waals surface area contributed by atoms with Crippen LogP contribution in [0.5, 0.6) is 0 Å². The van der Waals surface area contributed by atoms with Crippen LogP contribution in [-0.4, -0.2) is 96.7 Å². The van der Waals surface area contributed by atoms with Gasteiger partial charge in [0.2, 0.25) is 0 Å². The van der Waals surface area contributed by atoms with Gasteiger partial charge in [-0.3, -0.25) is 37.3 Å². The van der Waals surface area contributed by atoms with Crippen LogP contribution in [0.15, 0.2) is 72.9 Å². The minimum Gasteiger partial charge on any atom is -0.462 e. The lowest BCUT2D eigenvalue weighted by Crippen LogP contribution is -2.30. The number of hydrogen-bond donors (Lipinski definition) is 3. The monoisotopic (exact) mass is 1480 g/mol. The predicted octanol–water partition coefficient (Wildman–Crippen LogP) is 24.0. The van der Waals surface area contributed by atoms with Crippen molar-refractivity contribution in [3.63, 3.8) is 0 Å². The van der Waals surface area contributed by atoms with Gasteiger partial charge >= 0.3 is 39.5 Å². The molecule has 0 aromatic rings. The summed E-state index contributed by atoms with van der Waals surface area (Å²) in [6.45, 7) is 4.85. The molecular formula is C83H150O17P2. The molecule has 0 aliphatic heterocycles. The van der Waals surface area contributed by atoms with Gasteiger partial charge in [-0.2, -0.15) is 0 Å². The van der Waals surface area contributed by atoms with Crippen molar-refractivity contribution in [3.8, 4) is 0 Å². The number of carbonyl (C=O) groups is 4. The van der Waals surface area contributed by atoms with Crippen LogP contribution in [-0.2, 0) is 65.4 Å². The van der Waals surface area contributed by atoms with E-state index >= 15 is 0 Å². The number of phosphoric acid groups is 2. The highest BCUT2D eigenvalue weighted by Gasteiger charge is 2.30. The van der Waals surface area contributed by atoms with Crippen molar-refractivity contribution in [1.82, 2.24) is 0 Å². The van der Waals surface area contributed by atoms with Crippen LogP contribution in [0.1, 0.15) is 374 Å². The molecule has 0 aromatic heterocycles. The second-order valence-electron chi connectivity index (χ2n) is 27.7. The molecule has 0 fully saturated rings. The molecule has 5 unspecified atom stereocenters. The third-order valence-electron chi connectivity index (χ3n) is 17.7. The summed E-state index contributed by atoms with van der Waals surface area (Å²) in [6, 6.07) is 0. The number of ether oxygens (including phenoxy) is 4. The van der Waals surface area contributed by atoms with Crippen LogP contribution in [0.25, 0.3) is 0 Å². The number of esters is 4. The summed E-state index contributed by atoms with van der Waals surface area (Å²) in [5.74, 6) is -2.17. The van der Waals surface area contributed by atoms with E-state index in [0.29, 0.717) is 25.7 Å². The molecule has 0 rings (SSSR count). The lowest BCUT2D eigenvalue weighted by Gasteiger charge is -2.21. The van der Waals surface area contributed by atoms with Gasteiger partial charge in [0.05, 0.1) is 26.4 Å². The zero-order valence-corrected chi connectivity index (χ0v) is 66.8. The lowest BCUT2D eigenvalue weighted by molar-refractivity contribution is -0.161. The van der Waals surface area contributed by atoms with Crippen LogP contribution in [0.4, 0.5) is 0 Å². The number of unbranched alkanes of at least 4 members (excludes halogenated alkanes) is 40. The first-order valence-corrected chi connectivity index (χ1v) is 44.2. The third-order valence-corrected chi connectivity index (χ3v) is 19.6. The Bertz CT molecular complexity index is 2210. The predicted molar refractivity (Wildman–Crippen MR) is 418 cm³/mol. The molecule has 0 aliphatic rings. The SMILES string of the molecule is CCCCC/C=C\C/C=C\C/C=C\CCCCCCCCC(=O)OCC(COP(=O)(O)OCC(O)COP(=O)(O)OCC(COC(=O)CCCCCCCC/C=C\C/C=C\C/C=C\CCCCC)OC(=O)CCCCCCCCCCCCCCC)OC(=O)CCCCCCCCCCCCC. The molecule has 17 nitrogen and oxygen atoms in total. The van der Waals surface area contributed by atoms with Crippen LogP contribution >= 0.6 is 15.6 Å². The fraction of sp³-hybridized carbons (Fsp3) is 0.807. The van der Waals surface area contributed by atoms with Gasteiger partial charge in [0.15, 0.2) is 12.2 Å². The zero-order valence-electron chi connectivity index (χ0n) is 65.0. The highest BCUT2D eigenvalue weighted by atomic mass is 31.2. The Morgan fingerprint density at radius 3 is 0.755 bits per heavy atom. The molecule has 0 heterocycles. The summed E-state index contributed by atoms with van der Waals surface area (Å²) < 4.78 is 68.6. The number of rotatable bonds is 78. The summed E-state index contributed by atoms with van der Waals surface area (Å²) >= 11 is 0. The number of hydrogen-bond acceptors (Lipinski definition) is 15. The molecular weight excluding hydrogens is 1330 g/mol. The van der Waals surface area contributed by atoms with Crippen molar-refractivity contribution in [2.75, 3.05) is 39.6 Å². The second kappa shape index (κ2) is 75.7. The number of aliphatic hydroxyl groups excluding tert-OH is 1. The van der Waals surface area contributed by atoms with Gasteiger partial charge in [0.1, 0.15) is 19.3 Å². The van der Waals surface area contributed by atoms with Gasteiger partial charge < -0.3 is 33.8 Å². The normalized spacial score (nSPS) is 14.2. The summed E-state index contributed by atoms with van der Waals surface area (Å²) in [5.41, 5.74) is 0. The minimum absolute atomic E-state index is 0.0970. The van der Waals surface area contributed by atoms with E-state index < -0.39 is 97.5 Å². The quantitative estimate of drug-likeness (QED) is 0.0169. The Hall–Kier alpha value is -3.50. The summed E-state index contributed by atoms with van der Waals surface area (Å²) in [7, 11) is -9.94. The minimum atomic E-state index is -4.97. The van der Waals surface area contributed by atoms with Crippen LogP contribution in [0.2, 0.25) is 0 Å². The smallest absolute Gasteiger partial charge is 0.462 e. The van der Waals surface area contributed by atoms with Crippen molar-refractivity contribution in [2.24, 2.45) is 0 Å². The Morgan fingerprint density at radius 2 is 0.480 bits per heavy atom. The van der Waals surface area contributed by atoms with Crippen molar-refractivity contribution in [3.05, 3.63) is 72.9 Å². The fourth-order valence-electron chi connectivity index (χ4n) is 11.4. The zero-order chi connectivity index (χ0) is 74.6. The number of phosphoric ester groups is 2. The van der Waals surface area contributed by atoms with E-state index in [2.05, 4.69) is 101 Å². The molecule has 0 spiro atoms. The third kappa shape index (κ3) is 74.8. The topological polar surface area (TPSA) is 237 Å². The molecule has 0 radical (unpaired) electrons. The van der Waals surface area contributed by atoms with E-state index in [1.807, 2.05) is 0 Å². The molecule has 594 valence electrons. The first-order valence-electron chi connectivity index (χ1n) is 41.2. The van der Waals surface area contributed by atoms with Gasteiger partial charge in [0, 0.05) is 25.7 Å². The van der Waals surface area contributed by atoms with E-state index in [0.717, 1.165) is 167 Å². The maximum Gasteiger partial charge on any atom is 0.472 e. The molecule has 0 saturated carbocycles. The van der Waals surface area contributed by atoms with Gasteiger partial charge in [-0.25, -0.2) is 9.13 Å². The molecule has 0 amide bonds. The number of aliphatic hydroxyl groups is 1. The van der Waals surface area contributed by atoms with Gasteiger partial charge in [-0.1, -0.05) is 319 Å². The lowest BCUT2D eigenvalue weighted by atomic mass is 10.0. The van der Waals surface area contributed by atoms with E-state index in [9.17, 15) is 43.2 Å². The standard InChI is InChI=1S/C83H150O17P2/c1-5-9-13-17-21-25-29-32-34-36-38-40-42-45-48-51-55-59-63-67-80(85)93-73-78(99-82(87)69-65-61-57-53-47-28-24-20-16-12-8-4)75-97-101(89,90)95-71-77(84)72-96-102(91,92)98-76-79(100-83(88)70-66-62-58-54-50-44-31-27-23-19-15-11-7-3)74-94-81(86)68-64-60-56-52-49-46-43-41-39-37-35-33-30-26-22-18-14-10-6-2/h21-22,25-26,32-35,38-41,77-79,84H,5-20,23-24,27-31,36-37,42-76H2,1-4H3,(H,89,90)(H,91,92)/b25-21-,26-22-,34-32-,35-33-,40-38-,41-39-. The molecule has 0 bridgehead atoms. The second-order valence-corrected chi connectivity index (χ2v) is 30.6. The summed E-state index contributed by atoms with van der Waals surface area (Å²) in [4.78, 5) is 73.0. The number of allylic oxidation sites excluding steroid dienone is 12. The average Bonchev–Trinajstić information content (AvgIpc) is 0.928. The highest BCUT2D eigenvalue weighted by molar-refractivity contribution is 7.47. The van der Waals surface area contributed by atoms with E-state index in [1.54, 1.807) is 0 Å². The molecule has 19 heteroatoms. The fourth-order valence-corrected chi connectivity index (χ4v) is 12.9. The maximum atomic E-state index is 13.1.